The molecule has 214 valence electrons. The van der Waals surface area contributed by atoms with E-state index in [-0.39, 0.29) is 10.8 Å². The molecule has 7 aromatic carbocycles. The number of hydrogen-bond acceptors (Lipinski definition) is 0. The third-order valence-electron chi connectivity index (χ3n) is 10.5. The number of benzene rings is 7. The number of rotatable bonds is 1. The van der Waals surface area contributed by atoms with Crippen LogP contribution >= 0.6 is 0 Å². The van der Waals surface area contributed by atoms with Crippen LogP contribution in [0, 0.1) is 13.8 Å². The Morgan fingerprint density at radius 2 is 1.30 bits per heavy atom. The molecule has 0 radical (unpaired) electrons. The van der Waals surface area contributed by atoms with Crippen molar-refractivity contribution in [2.75, 3.05) is 0 Å². The molecule has 1 aromatic heterocycles. The fourth-order valence-electron chi connectivity index (χ4n) is 8.40. The summed E-state index contributed by atoms with van der Waals surface area (Å²) in [6.45, 7) is 16.1. The molecule has 9 rings (SSSR count). The van der Waals surface area contributed by atoms with Crippen molar-refractivity contribution in [2.24, 2.45) is 0 Å². The quantitative estimate of drug-likeness (QED) is 0.174. The summed E-state index contributed by atoms with van der Waals surface area (Å²) in [4.78, 5) is 0. The molecule has 44 heavy (non-hydrogen) atoms. The lowest BCUT2D eigenvalue weighted by atomic mass is 9.78. The number of aromatic nitrogens is 1. The molecular weight excluding hydrogens is 530 g/mol. The molecule has 1 heterocycles. The highest BCUT2D eigenvalue weighted by Crippen LogP contribution is 2.54. The van der Waals surface area contributed by atoms with Crippen LogP contribution in [-0.4, -0.2) is 4.57 Å². The average molecular weight is 568 g/mol. The van der Waals surface area contributed by atoms with E-state index >= 15 is 0 Å². The molecule has 0 atom stereocenters. The van der Waals surface area contributed by atoms with E-state index in [1.165, 1.54) is 98.8 Å². The van der Waals surface area contributed by atoms with Crippen LogP contribution in [0.4, 0.5) is 0 Å². The van der Waals surface area contributed by atoms with Gasteiger partial charge in [0.1, 0.15) is 0 Å². The molecule has 0 unspecified atom stereocenters. The maximum absolute atomic E-state index is 2.53. The highest BCUT2D eigenvalue weighted by Gasteiger charge is 2.37. The van der Waals surface area contributed by atoms with E-state index in [1.807, 2.05) is 0 Å². The Bertz CT molecular complexity index is 2510. The van der Waals surface area contributed by atoms with Gasteiger partial charge in [0.15, 0.2) is 0 Å². The van der Waals surface area contributed by atoms with Crippen molar-refractivity contribution in [3.05, 3.63) is 125 Å². The molecule has 0 N–H and O–H groups in total. The molecule has 0 saturated heterocycles. The summed E-state index contributed by atoms with van der Waals surface area (Å²) in [6, 6.07) is 37.6. The molecule has 1 aliphatic carbocycles. The van der Waals surface area contributed by atoms with Crippen molar-refractivity contribution in [3.63, 3.8) is 0 Å². The zero-order valence-electron chi connectivity index (χ0n) is 26.7. The maximum atomic E-state index is 2.53. The summed E-state index contributed by atoms with van der Waals surface area (Å²) in [6.07, 6.45) is 0. The van der Waals surface area contributed by atoms with Gasteiger partial charge >= 0.3 is 0 Å². The smallest absolute Gasteiger partial charge is 0.0620 e. The minimum Gasteiger partial charge on any atom is -0.309 e. The van der Waals surface area contributed by atoms with Crippen LogP contribution in [0.2, 0.25) is 0 Å². The Labute approximate surface area is 259 Å². The molecule has 8 aromatic rings. The van der Waals surface area contributed by atoms with Gasteiger partial charge in [-0.15, -0.1) is 0 Å². The first kappa shape index (κ1) is 25.8. The molecule has 0 amide bonds. The van der Waals surface area contributed by atoms with Crippen LogP contribution < -0.4 is 0 Å². The second-order valence-corrected chi connectivity index (χ2v) is 14.8. The molecule has 1 nitrogen and oxygen atoms in total. The van der Waals surface area contributed by atoms with Gasteiger partial charge in [0.05, 0.1) is 11.0 Å². The zero-order chi connectivity index (χ0) is 30.3. The third kappa shape index (κ3) is 3.25. The van der Waals surface area contributed by atoms with Gasteiger partial charge < -0.3 is 4.57 Å². The first-order chi connectivity index (χ1) is 21.0. The summed E-state index contributed by atoms with van der Waals surface area (Å²) in [7, 11) is 0. The molecule has 0 saturated carbocycles. The van der Waals surface area contributed by atoms with Gasteiger partial charge in [-0.1, -0.05) is 107 Å². The molecule has 0 spiro atoms. The van der Waals surface area contributed by atoms with Crippen molar-refractivity contribution in [1.29, 1.82) is 0 Å². The summed E-state index contributed by atoms with van der Waals surface area (Å²) in [5, 5.41) is 10.8. The van der Waals surface area contributed by atoms with E-state index in [1.54, 1.807) is 0 Å². The van der Waals surface area contributed by atoms with Crippen molar-refractivity contribution >= 4 is 54.1 Å². The molecule has 1 aliphatic rings. The van der Waals surface area contributed by atoms with Gasteiger partial charge in [0.25, 0.3) is 0 Å². The van der Waals surface area contributed by atoms with Crippen LogP contribution in [0.3, 0.4) is 0 Å². The highest BCUT2D eigenvalue weighted by atomic mass is 15.0. The predicted molar refractivity (Wildman–Crippen MR) is 190 cm³/mol. The van der Waals surface area contributed by atoms with Crippen LogP contribution in [-0.2, 0) is 10.8 Å². The lowest BCUT2D eigenvalue weighted by Gasteiger charge is -2.24. The van der Waals surface area contributed by atoms with Gasteiger partial charge in [0.2, 0.25) is 0 Å². The monoisotopic (exact) mass is 567 g/mol. The summed E-state index contributed by atoms with van der Waals surface area (Å²) in [5.41, 5.74) is 13.5. The molecule has 0 fully saturated rings. The van der Waals surface area contributed by atoms with Crippen molar-refractivity contribution in [1.82, 2.24) is 4.57 Å². The summed E-state index contributed by atoms with van der Waals surface area (Å²) >= 11 is 0. The topological polar surface area (TPSA) is 4.93 Å². The van der Waals surface area contributed by atoms with E-state index in [0.29, 0.717) is 0 Å². The summed E-state index contributed by atoms with van der Waals surface area (Å²) < 4.78 is 2.53. The van der Waals surface area contributed by atoms with Gasteiger partial charge in [-0.3, -0.25) is 0 Å². The Kier molecular flexibility index (Phi) is 4.87. The molecular formula is C43H37N. The van der Waals surface area contributed by atoms with Crippen LogP contribution in [0.5, 0.6) is 0 Å². The maximum Gasteiger partial charge on any atom is 0.0620 e. The highest BCUT2D eigenvalue weighted by molar-refractivity contribution is 6.32. The second kappa shape index (κ2) is 8.30. The minimum atomic E-state index is -0.0597. The van der Waals surface area contributed by atoms with Crippen LogP contribution in [0.25, 0.3) is 70.9 Å². The minimum absolute atomic E-state index is 0.0597. The Morgan fingerprint density at radius 1 is 0.591 bits per heavy atom. The third-order valence-corrected chi connectivity index (χ3v) is 10.5. The number of nitrogens with zero attached hydrogens (tertiary/aromatic N) is 1. The average Bonchev–Trinajstić information content (AvgIpc) is 3.43. The molecule has 0 bridgehead atoms. The lowest BCUT2D eigenvalue weighted by Crippen LogP contribution is -2.15. The standard InChI is InChI=1S/C43H37N/c1-24-9-8-10-29(19-24)44-37-23-28(42(3,4)5)14-17-30(37)35-22-27-12-15-31-38-26(13-16-32(39(27)38)41(35)44)21-34-33-20-25(2)11-18-36(33)43(6,7)40(31)34/h8-23H,1-7H3. The van der Waals surface area contributed by atoms with E-state index < -0.39 is 0 Å². The van der Waals surface area contributed by atoms with Crippen LogP contribution in [0.1, 0.15) is 62.4 Å². The normalized spacial score (nSPS) is 14.4. The van der Waals surface area contributed by atoms with E-state index in [9.17, 15) is 0 Å². The van der Waals surface area contributed by atoms with Crippen molar-refractivity contribution in [2.45, 2.75) is 59.3 Å². The lowest BCUT2D eigenvalue weighted by molar-refractivity contribution is 0.591. The zero-order valence-corrected chi connectivity index (χ0v) is 26.7. The van der Waals surface area contributed by atoms with E-state index in [2.05, 4.69) is 150 Å². The fraction of sp³-hybridized carbons (Fsp3) is 0.209. The van der Waals surface area contributed by atoms with Gasteiger partial charge in [0, 0.05) is 27.3 Å². The Hall–Kier alpha value is -4.62. The Balaban J connectivity index is 1.47. The Morgan fingerprint density at radius 3 is 2.07 bits per heavy atom. The van der Waals surface area contributed by atoms with Gasteiger partial charge in [-0.05, 0) is 110 Å². The SMILES string of the molecule is Cc1cccc(-n2c3cc(C(C)(C)C)ccc3c3cc4ccc5c6c(cc7ccc(c4c75)c32)-c2cc(C)ccc2C6(C)C)c1. The first-order valence-electron chi connectivity index (χ1n) is 15.9. The van der Waals surface area contributed by atoms with E-state index in [4.69, 9.17) is 0 Å². The van der Waals surface area contributed by atoms with E-state index in [0.717, 1.165) is 0 Å². The molecule has 1 heteroatoms. The second-order valence-electron chi connectivity index (χ2n) is 14.8. The number of aryl methyl sites for hydroxylation is 2. The number of fused-ring (bicyclic) bond motifs is 8. The van der Waals surface area contributed by atoms with Crippen LogP contribution in [0.15, 0.2) is 97.1 Å². The van der Waals surface area contributed by atoms with Crippen molar-refractivity contribution in [3.8, 4) is 16.8 Å². The van der Waals surface area contributed by atoms with Gasteiger partial charge in [-0.2, -0.15) is 0 Å². The predicted octanol–water partition coefficient (Wildman–Crippen LogP) is 11.9. The number of hydrogen-bond donors (Lipinski definition) is 0. The largest absolute Gasteiger partial charge is 0.309 e. The molecule has 0 aliphatic heterocycles. The first-order valence-corrected chi connectivity index (χ1v) is 15.9. The fourth-order valence-corrected chi connectivity index (χ4v) is 8.40. The summed E-state index contributed by atoms with van der Waals surface area (Å²) in [5.74, 6) is 0. The van der Waals surface area contributed by atoms with Crippen molar-refractivity contribution < 1.29 is 0 Å². The van der Waals surface area contributed by atoms with Gasteiger partial charge in [-0.25, -0.2) is 0 Å².